The number of likely N-dealkylation sites (tertiary alicyclic amines) is 2. The molecule has 0 aliphatic carbocycles. The number of thiophene rings is 1. The standard InChI is InChI=1S/C31H31F3N4OS/c32-31(33,34)23-10-7-21(8-11-23)19-35-29-18-26(25-17-22(9-12-27(25)36-29)28-6-4-16-40-28)30(39)38-15-3-5-24(38)20-37-13-1-2-14-37/h4,6-12,16-18,24H,1-3,5,13-15,19-20H2,(H,35,36)/t24-/m0/s1. The van der Waals surface area contributed by atoms with Gasteiger partial charge in [-0.2, -0.15) is 13.2 Å². The Labute approximate surface area is 235 Å². The molecule has 9 heteroatoms. The molecule has 2 aliphatic heterocycles. The van der Waals surface area contributed by atoms with Crippen molar-refractivity contribution >= 4 is 34.0 Å². The highest BCUT2D eigenvalue weighted by Crippen LogP contribution is 2.33. The lowest BCUT2D eigenvalue weighted by molar-refractivity contribution is -0.137. The monoisotopic (exact) mass is 564 g/mol. The van der Waals surface area contributed by atoms with E-state index in [-0.39, 0.29) is 11.9 Å². The lowest BCUT2D eigenvalue weighted by Gasteiger charge is -2.29. The second-order valence-electron chi connectivity index (χ2n) is 10.6. The summed E-state index contributed by atoms with van der Waals surface area (Å²) in [5, 5.41) is 6.08. The minimum atomic E-state index is -4.37. The van der Waals surface area contributed by atoms with Gasteiger partial charge in [0.1, 0.15) is 5.82 Å². The molecule has 2 aliphatic rings. The van der Waals surface area contributed by atoms with Crippen LogP contribution < -0.4 is 5.32 Å². The fourth-order valence-corrected chi connectivity index (χ4v) is 6.53. The molecule has 0 bridgehead atoms. The highest BCUT2D eigenvalue weighted by atomic mass is 32.1. The molecule has 4 heterocycles. The summed E-state index contributed by atoms with van der Waals surface area (Å²) in [6.07, 6.45) is 0.0625. The van der Waals surface area contributed by atoms with E-state index in [1.54, 1.807) is 17.4 Å². The Morgan fingerprint density at radius 1 is 1.00 bits per heavy atom. The SMILES string of the molecule is O=C(c1cc(NCc2ccc(C(F)(F)F)cc2)nc2ccc(-c3cccs3)cc12)N1CCC[C@H]1CN1CCCC1. The van der Waals surface area contributed by atoms with E-state index in [1.807, 2.05) is 34.5 Å². The van der Waals surface area contributed by atoms with Crippen molar-refractivity contribution < 1.29 is 18.0 Å². The van der Waals surface area contributed by atoms with Crippen LogP contribution in [0.25, 0.3) is 21.3 Å². The molecule has 2 aromatic heterocycles. The van der Waals surface area contributed by atoms with Crippen LogP contribution in [0.3, 0.4) is 0 Å². The smallest absolute Gasteiger partial charge is 0.366 e. The van der Waals surface area contributed by atoms with Crippen molar-refractivity contribution in [1.29, 1.82) is 0 Å². The van der Waals surface area contributed by atoms with Crippen molar-refractivity contribution in [2.75, 3.05) is 31.5 Å². The van der Waals surface area contributed by atoms with Crippen LogP contribution in [0, 0.1) is 0 Å². The van der Waals surface area contributed by atoms with Gasteiger partial charge in [0.15, 0.2) is 0 Å². The Bertz CT molecular complexity index is 1480. The van der Waals surface area contributed by atoms with Gasteiger partial charge in [0.2, 0.25) is 0 Å². The van der Waals surface area contributed by atoms with E-state index in [0.717, 1.165) is 67.0 Å². The number of anilines is 1. The van der Waals surface area contributed by atoms with Crippen LogP contribution in [0.15, 0.2) is 66.0 Å². The zero-order chi connectivity index (χ0) is 27.7. The fourth-order valence-electron chi connectivity index (χ4n) is 5.80. The van der Waals surface area contributed by atoms with E-state index in [1.165, 1.54) is 25.0 Å². The molecule has 0 radical (unpaired) electrons. The van der Waals surface area contributed by atoms with Crippen molar-refractivity contribution in [3.63, 3.8) is 0 Å². The van der Waals surface area contributed by atoms with E-state index in [0.29, 0.717) is 29.0 Å². The van der Waals surface area contributed by atoms with E-state index in [2.05, 4.69) is 16.3 Å². The first-order chi connectivity index (χ1) is 19.3. The number of carbonyl (C=O) groups is 1. The average Bonchev–Trinajstić information content (AvgIpc) is 3.75. The Hall–Kier alpha value is -3.43. The number of benzene rings is 2. The van der Waals surface area contributed by atoms with Gasteiger partial charge in [0.25, 0.3) is 5.91 Å². The molecule has 4 aromatic rings. The van der Waals surface area contributed by atoms with Crippen molar-refractivity contribution in [3.8, 4) is 10.4 Å². The first kappa shape index (κ1) is 26.8. The van der Waals surface area contributed by atoms with Crippen molar-refractivity contribution in [1.82, 2.24) is 14.8 Å². The van der Waals surface area contributed by atoms with Crippen LogP contribution in [-0.4, -0.2) is 52.9 Å². The first-order valence-electron chi connectivity index (χ1n) is 13.8. The predicted octanol–water partition coefficient (Wildman–Crippen LogP) is 7.29. The number of nitrogens with zero attached hydrogens (tertiary/aromatic N) is 3. The molecule has 6 rings (SSSR count). The molecule has 1 amide bonds. The van der Waals surface area contributed by atoms with Crippen LogP contribution in [0.2, 0.25) is 0 Å². The molecule has 2 fully saturated rings. The molecule has 5 nitrogen and oxygen atoms in total. The number of pyridine rings is 1. The third-order valence-electron chi connectivity index (χ3n) is 7.91. The van der Waals surface area contributed by atoms with Gasteiger partial charge in [0.05, 0.1) is 16.6 Å². The minimum Gasteiger partial charge on any atom is -0.366 e. The van der Waals surface area contributed by atoms with E-state index in [4.69, 9.17) is 4.98 Å². The summed E-state index contributed by atoms with van der Waals surface area (Å²) in [6.45, 7) is 4.13. The summed E-state index contributed by atoms with van der Waals surface area (Å²) in [5.41, 5.74) is 2.37. The van der Waals surface area contributed by atoms with Gasteiger partial charge in [-0.1, -0.05) is 24.3 Å². The van der Waals surface area contributed by atoms with E-state index >= 15 is 0 Å². The van der Waals surface area contributed by atoms with E-state index in [9.17, 15) is 18.0 Å². The largest absolute Gasteiger partial charge is 0.416 e. The molecule has 0 saturated carbocycles. The summed E-state index contributed by atoms with van der Waals surface area (Å²) in [4.78, 5) is 24.5. The molecule has 2 saturated heterocycles. The van der Waals surface area contributed by atoms with Crippen molar-refractivity contribution in [2.45, 2.75) is 44.4 Å². The number of aromatic nitrogens is 1. The summed E-state index contributed by atoms with van der Waals surface area (Å²) >= 11 is 1.65. The van der Waals surface area contributed by atoms with Gasteiger partial charge < -0.3 is 15.1 Å². The zero-order valence-electron chi connectivity index (χ0n) is 22.1. The van der Waals surface area contributed by atoms with Crippen LogP contribution in [0.5, 0.6) is 0 Å². The van der Waals surface area contributed by atoms with Gasteiger partial charge in [-0.15, -0.1) is 11.3 Å². The number of hydrogen-bond acceptors (Lipinski definition) is 5. The summed E-state index contributed by atoms with van der Waals surface area (Å²) in [7, 11) is 0. The molecule has 208 valence electrons. The Balaban J connectivity index is 1.31. The van der Waals surface area contributed by atoms with E-state index < -0.39 is 11.7 Å². The van der Waals surface area contributed by atoms with Crippen molar-refractivity contribution in [3.05, 3.63) is 82.7 Å². The van der Waals surface area contributed by atoms with Crippen molar-refractivity contribution in [2.24, 2.45) is 0 Å². The van der Waals surface area contributed by atoms with Crippen LogP contribution in [-0.2, 0) is 12.7 Å². The molecule has 1 N–H and O–H groups in total. The van der Waals surface area contributed by atoms with Crippen LogP contribution in [0.1, 0.15) is 47.2 Å². The summed E-state index contributed by atoms with van der Waals surface area (Å²) < 4.78 is 38.9. The number of amides is 1. The predicted molar refractivity (Wildman–Crippen MR) is 154 cm³/mol. The Morgan fingerprint density at radius 2 is 1.80 bits per heavy atom. The van der Waals surface area contributed by atoms with Gasteiger partial charge in [-0.3, -0.25) is 4.79 Å². The lowest BCUT2D eigenvalue weighted by atomic mass is 10.0. The second-order valence-corrected chi connectivity index (χ2v) is 11.6. The number of nitrogens with one attached hydrogen (secondary N) is 1. The quantitative estimate of drug-likeness (QED) is 0.256. The third-order valence-corrected chi connectivity index (χ3v) is 8.82. The summed E-state index contributed by atoms with van der Waals surface area (Å²) in [5.74, 6) is 0.532. The highest BCUT2D eigenvalue weighted by molar-refractivity contribution is 7.13. The number of alkyl halides is 3. The normalized spacial score (nSPS) is 18.1. The Morgan fingerprint density at radius 3 is 2.52 bits per heavy atom. The molecule has 40 heavy (non-hydrogen) atoms. The van der Waals surface area contributed by atoms with Gasteiger partial charge in [-0.05, 0) is 91.7 Å². The first-order valence-corrected chi connectivity index (χ1v) is 14.7. The maximum atomic E-state index is 14.1. The molecular formula is C31H31F3N4OS. The van der Waals surface area contributed by atoms with Gasteiger partial charge in [-0.25, -0.2) is 4.98 Å². The lowest BCUT2D eigenvalue weighted by Crippen LogP contribution is -2.42. The molecule has 1 atom stereocenters. The van der Waals surface area contributed by atoms with Gasteiger partial charge >= 0.3 is 6.18 Å². The zero-order valence-corrected chi connectivity index (χ0v) is 22.9. The molecule has 0 spiro atoms. The third kappa shape index (κ3) is 5.71. The van der Waals surface area contributed by atoms with Crippen LogP contribution >= 0.6 is 11.3 Å². The number of rotatable bonds is 7. The molecule has 2 aromatic carbocycles. The maximum Gasteiger partial charge on any atom is 0.416 e. The number of halogens is 3. The maximum absolute atomic E-state index is 14.1. The minimum absolute atomic E-state index is 0.00927. The number of carbonyl (C=O) groups excluding carboxylic acids is 1. The highest BCUT2D eigenvalue weighted by Gasteiger charge is 2.33. The Kier molecular flexibility index (Phi) is 7.51. The van der Waals surface area contributed by atoms with Gasteiger partial charge in [0, 0.05) is 35.9 Å². The number of fused-ring (bicyclic) bond motifs is 1. The molecular weight excluding hydrogens is 533 g/mol. The van der Waals surface area contributed by atoms with Crippen LogP contribution in [0.4, 0.5) is 19.0 Å². The summed E-state index contributed by atoms with van der Waals surface area (Å²) in [6, 6.07) is 17.2. The topological polar surface area (TPSA) is 48.5 Å². The number of hydrogen-bond donors (Lipinski definition) is 1. The second kappa shape index (κ2) is 11.2. The average molecular weight is 565 g/mol. The fraction of sp³-hybridized carbons (Fsp3) is 0.355. The molecule has 0 unspecified atom stereocenters.